The summed E-state index contributed by atoms with van der Waals surface area (Å²) in [6.07, 6.45) is 3.54. The Kier molecular flexibility index (Phi) is 1.85. The SMILES string of the molecule is CCn1ccnc1CO. The van der Waals surface area contributed by atoms with Crippen LogP contribution in [-0.4, -0.2) is 14.7 Å². The third-order valence-corrected chi connectivity index (χ3v) is 1.28. The van der Waals surface area contributed by atoms with Crippen molar-refractivity contribution in [3.05, 3.63) is 18.2 Å². The number of aryl methyl sites for hydroxylation is 1. The van der Waals surface area contributed by atoms with E-state index < -0.39 is 0 Å². The molecule has 0 saturated heterocycles. The Morgan fingerprint density at radius 3 is 3.00 bits per heavy atom. The van der Waals surface area contributed by atoms with E-state index in [4.69, 9.17) is 5.11 Å². The molecule has 0 amide bonds. The standard InChI is InChI=1S/C6H10N2O/c1-2-8-4-3-7-6(8)5-9/h3-4,9H,2,5H2,1H3. The summed E-state index contributed by atoms with van der Waals surface area (Å²) in [7, 11) is 0. The Labute approximate surface area is 54.0 Å². The van der Waals surface area contributed by atoms with Gasteiger partial charge in [0.05, 0.1) is 0 Å². The molecule has 3 heteroatoms. The lowest BCUT2D eigenvalue weighted by Crippen LogP contribution is -1.99. The molecule has 0 radical (unpaired) electrons. The van der Waals surface area contributed by atoms with Crippen LogP contribution < -0.4 is 0 Å². The highest BCUT2D eigenvalue weighted by Gasteiger charge is 1.95. The average Bonchev–Trinajstić information content (AvgIpc) is 2.33. The van der Waals surface area contributed by atoms with Crippen molar-refractivity contribution in [1.82, 2.24) is 9.55 Å². The van der Waals surface area contributed by atoms with Gasteiger partial charge >= 0.3 is 0 Å². The molecular formula is C6H10N2O. The van der Waals surface area contributed by atoms with E-state index in [2.05, 4.69) is 4.98 Å². The summed E-state index contributed by atoms with van der Waals surface area (Å²) in [5.41, 5.74) is 0. The lowest BCUT2D eigenvalue weighted by atomic mass is 10.6. The molecule has 0 unspecified atom stereocenters. The Morgan fingerprint density at radius 1 is 1.78 bits per heavy atom. The van der Waals surface area contributed by atoms with Crippen molar-refractivity contribution in [1.29, 1.82) is 0 Å². The summed E-state index contributed by atoms with van der Waals surface area (Å²) in [6, 6.07) is 0. The van der Waals surface area contributed by atoms with Crippen LogP contribution in [0.4, 0.5) is 0 Å². The molecule has 1 aromatic heterocycles. The smallest absolute Gasteiger partial charge is 0.134 e. The highest BCUT2D eigenvalue weighted by molar-refractivity contribution is 4.89. The molecule has 0 atom stereocenters. The van der Waals surface area contributed by atoms with Gasteiger partial charge in [-0.05, 0) is 6.92 Å². The van der Waals surface area contributed by atoms with E-state index in [-0.39, 0.29) is 6.61 Å². The number of nitrogens with zero attached hydrogens (tertiary/aromatic N) is 2. The van der Waals surface area contributed by atoms with Crippen molar-refractivity contribution in [3.8, 4) is 0 Å². The van der Waals surface area contributed by atoms with Gasteiger partial charge in [0.25, 0.3) is 0 Å². The fourth-order valence-electron chi connectivity index (χ4n) is 0.780. The number of aliphatic hydroxyl groups is 1. The number of rotatable bonds is 2. The zero-order valence-electron chi connectivity index (χ0n) is 5.41. The van der Waals surface area contributed by atoms with Gasteiger partial charge in [0.15, 0.2) is 0 Å². The third kappa shape index (κ3) is 1.10. The molecule has 0 spiro atoms. The van der Waals surface area contributed by atoms with Crippen LogP contribution in [0.5, 0.6) is 0 Å². The Balaban J connectivity index is 2.85. The van der Waals surface area contributed by atoms with Crippen molar-refractivity contribution in [3.63, 3.8) is 0 Å². The minimum absolute atomic E-state index is 0.0286. The molecule has 50 valence electrons. The van der Waals surface area contributed by atoms with Crippen LogP contribution in [-0.2, 0) is 13.2 Å². The van der Waals surface area contributed by atoms with E-state index in [1.54, 1.807) is 6.20 Å². The van der Waals surface area contributed by atoms with Crippen molar-refractivity contribution in [2.75, 3.05) is 0 Å². The highest BCUT2D eigenvalue weighted by Crippen LogP contribution is 1.95. The zero-order valence-corrected chi connectivity index (χ0v) is 5.41. The Hall–Kier alpha value is -0.830. The molecule has 0 aliphatic rings. The fourth-order valence-corrected chi connectivity index (χ4v) is 0.780. The van der Waals surface area contributed by atoms with Crippen LogP contribution in [0.25, 0.3) is 0 Å². The van der Waals surface area contributed by atoms with Crippen molar-refractivity contribution < 1.29 is 5.11 Å². The summed E-state index contributed by atoms with van der Waals surface area (Å²) < 4.78 is 1.90. The van der Waals surface area contributed by atoms with Gasteiger partial charge in [-0.1, -0.05) is 0 Å². The third-order valence-electron chi connectivity index (χ3n) is 1.28. The monoisotopic (exact) mass is 126 g/mol. The van der Waals surface area contributed by atoms with E-state index in [9.17, 15) is 0 Å². The molecule has 0 bridgehead atoms. The van der Waals surface area contributed by atoms with Crippen LogP contribution >= 0.6 is 0 Å². The van der Waals surface area contributed by atoms with E-state index >= 15 is 0 Å². The first-order valence-corrected chi connectivity index (χ1v) is 2.99. The zero-order chi connectivity index (χ0) is 6.69. The van der Waals surface area contributed by atoms with Gasteiger partial charge in [0, 0.05) is 18.9 Å². The van der Waals surface area contributed by atoms with Gasteiger partial charge in [0.2, 0.25) is 0 Å². The maximum absolute atomic E-state index is 8.66. The maximum Gasteiger partial charge on any atom is 0.134 e. The van der Waals surface area contributed by atoms with Gasteiger partial charge in [-0.15, -0.1) is 0 Å². The molecule has 0 aliphatic heterocycles. The largest absolute Gasteiger partial charge is 0.388 e. The van der Waals surface area contributed by atoms with Gasteiger partial charge in [-0.3, -0.25) is 0 Å². The van der Waals surface area contributed by atoms with E-state index in [1.807, 2.05) is 17.7 Å². The lowest BCUT2D eigenvalue weighted by Gasteiger charge is -1.98. The van der Waals surface area contributed by atoms with E-state index in [0.717, 1.165) is 12.4 Å². The molecule has 0 aromatic carbocycles. The summed E-state index contributed by atoms with van der Waals surface area (Å²) >= 11 is 0. The normalized spacial score (nSPS) is 10.0. The molecule has 0 fully saturated rings. The second kappa shape index (κ2) is 2.64. The van der Waals surface area contributed by atoms with Crippen molar-refractivity contribution in [2.24, 2.45) is 0 Å². The predicted octanol–water partition coefficient (Wildman–Crippen LogP) is 0.395. The highest BCUT2D eigenvalue weighted by atomic mass is 16.3. The first-order valence-electron chi connectivity index (χ1n) is 2.99. The number of hydrogen-bond acceptors (Lipinski definition) is 2. The van der Waals surface area contributed by atoms with Crippen LogP contribution in [0.15, 0.2) is 12.4 Å². The number of imidazole rings is 1. The number of aromatic nitrogens is 2. The Bertz CT molecular complexity index is 164. The Morgan fingerprint density at radius 2 is 2.56 bits per heavy atom. The van der Waals surface area contributed by atoms with E-state index in [1.165, 1.54) is 0 Å². The second-order valence-corrected chi connectivity index (χ2v) is 1.79. The van der Waals surface area contributed by atoms with Gasteiger partial charge < -0.3 is 9.67 Å². The van der Waals surface area contributed by atoms with Crippen LogP contribution in [0.1, 0.15) is 12.7 Å². The molecule has 1 aromatic rings. The fraction of sp³-hybridized carbons (Fsp3) is 0.500. The molecule has 1 rings (SSSR count). The van der Waals surface area contributed by atoms with Gasteiger partial charge in [0.1, 0.15) is 12.4 Å². The number of aliphatic hydroxyl groups excluding tert-OH is 1. The van der Waals surface area contributed by atoms with Crippen LogP contribution in [0.2, 0.25) is 0 Å². The molecule has 0 saturated carbocycles. The van der Waals surface area contributed by atoms with Crippen LogP contribution in [0, 0.1) is 0 Å². The average molecular weight is 126 g/mol. The minimum atomic E-state index is 0.0286. The lowest BCUT2D eigenvalue weighted by molar-refractivity contribution is 0.265. The minimum Gasteiger partial charge on any atom is -0.388 e. The van der Waals surface area contributed by atoms with Crippen molar-refractivity contribution in [2.45, 2.75) is 20.1 Å². The summed E-state index contributed by atoms with van der Waals surface area (Å²) in [5, 5.41) is 8.66. The summed E-state index contributed by atoms with van der Waals surface area (Å²) in [4.78, 5) is 3.92. The van der Waals surface area contributed by atoms with Crippen LogP contribution in [0.3, 0.4) is 0 Å². The first kappa shape index (κ1) is 6.29. The molecule has 0 aliphatic carbocycles. The topological polar surface area (TPSA) is 38.0 Å². The molecule has 3 nitrogen and oxygen atoms in total. The maximum atomic E-state index is 8.66. The second-order valence-electron chi connectivity index (χ2n) is 1.79. The molecule has 9 heavy (non-hydrogen) atoms. The van der Waals surface area contributed by atoms with Gasteiger partial charge in [-0.25, -0.2) is 4.98 Å². The summed E-state index contributed by atoms with van der Waals surface area (Å²) in [5.74, 6) is 0.734. The summed E-state index contributed by atoms with van der Waals surface area (Å²) in [6.45, 7) is 2.91. The molecule has 1 heterocycles. The number of hydrogen-bond donors (Lipinski definition) is 1. The molecular weight excluding hydrogens is 116 g/mol. The quantitative estimate of drug-likeness (QED) is 0.622. The van der Waals surface area contributed by atoms with E-state index in [0.29, 0.717) is 0 Å². The first-order chi connectivity index (χ1) is 4.38. The predicted molar refractivity (Wildman–Crippen MR) is 33.8 cm³/mol. The van der Waals surface area contributed by atoms with Crippen molar-refractivity contribution >= 4 is 0 Å². The van der Waals surface area contributed by atoms with Gasteiger partial charge in [-0.2, -0.15) is 0 Å². The molecule has 1 N–H and O–H groups in total.